The van der Waals surface area contributed by atoms with Crippen molar-refractivity contribution in [2.75, 3.05) is 5.32 Å². The minimum atomic E-state index is -0.578. The molecule has 0 atom stereocenters. The van der Waals surface area contributed by atoms with E-state index in [-0.39, 0.29) is 16.6 Å². The molecule has 5 nitrogen and oxygen atoms in total. The van der Waals surface area contributed by atoms with Crippen molar-refractivity contribution in [1.29, 1.82) is 0 Å². The van der Waals surface area contributed by atoms with Gasteiger partial charge in [0.2, 0.25) is 0 Å². The summed E-state index contributed by atoms with van der Waals surface area (Å²) in [5, 5.41) is 13.6. The summed E-state index contributed by atoms with van der Waals surface area (Å²) in [5.74, 6) is -0.328. The molecule has 2 aromatic rings. The number of anilines is 1. The molecule has 0 saturated carbocycles. The van der Waals surface area contributed by atoms with Crippen molar-refractivity contribution >= 4 is 63.5 Å². The van der Waals surface area contributed by atoms with Crippen molar-refractivity contribution in [3.63, 3.8) is 0 Å². The molecule has 0 radical (unpaired) electrons. The number of hydrogen-bond donors (Lipinski definition) is 1. The maximum absolute atomic E-state index is 12.0. The highest BCUT2D eigenvalue weighted by atomic mass is 35.5. The molecule has 1 N–H and O–H groups in total. The molecule has 0 fully saturated rings. The number of nitro benzene ring substituents is 1. The lowest BCUT2D eigenvalue weighted by Crippen LogP contribution is -2.03. The third-order valence-corrected chi connectivity index (χ3v) is 4.43. The van der Waals surface area contributed by atoms with Gasteiger partial charge in [0.1, 0.15) is 5.02 Å². The zero-order valence-corrected chi connectivity index (χ0v) is 12.6. The van der Waals surface area contributed by atoms with E-state index in [1.54, 1.807) is 18.2 Å². The summed E-state index contributed by atoms with van der Waals surface area (Å²) in [6.07, 6.45) is 1.65. The Balaban J connectivity index is 2.14. The average Bonchev–Trinajstić information content (AvgIpc) is 2.93. The lowest BCUT2D eigenvalue weighted by molar-refractivity contribution is -0.384. The Labute approximate surface area is 132 Å². The average molecular weight is 341 g/mol. The Hall–Kier alpha value is -1.89. The van der Waals surface area contributed by atoms with E-state index < -0.39 is 4.92 Å². The van der Waals surface area contributed by atoms with Crippen LogP contribution in [0.25, 0.3) is 11.6 Å². The number of fused-ring (bicyclic) bond motifs is 1. The van der Waals surface area contributed by atoms with Crippen LogP contribution >= 0.6 is 34.5 Å². The van der Waals surface area contributed by atoms with Gasteiger partial charge in [0, 0.05) is 16.5 Å². The van der Waals surface area contributed by atoms with Gasteiger partial charge in [-0.05, 0) is 24.3 Å². The van der Waals surface area contributed by atoms with E-state index in [9.17, 15) is 14.9 Å². The molecule has 2 heterocycles. The summed E-state index contributed by atoms with van der Waals surface area (Å²) >= 11 is 13.0. The number of hydrogen-bond acceptors (Lipinski definition) is 4. The van der Waals surface area contributed by atoms with Gasteiger partial charge in [-0.1, -0.05) is 23.2 Å². The Bertz CT molecular complexity index is 814. The highest BCUT2D eigenvalue weighted by Gasteiger charge is 2.28. The van der Waals surface area contributed by atoms with Crippen LogP contribution in [-0.4, -0.2) is 10.8 Å². The van der Waals surface area contributed by atoms with E-state index in [4.69, 9.17) is 23.2 Å². The third kappa shape index (κ3) is 2.53. The first kappa shape index (κ1) is 14.1. The molecular formula is C13H6Cl2N2O3S. The van der Waals surface area contributed by atoms with E-state index in [0.29, 0.717) is 21.2 Å². The summed E-state index contributed by atoms with van der Waals surface area (Å²) in [7, 11) is 0. The summed E-state index contributed by atoms with van der Waals surface area (Å²) in [6.45, 7) is 0. The summed E-state index contributed by atoms with van der Waals surface area (Å²) < 4.78 is 0.600. The topological polar surface area (TPSA) is 72.2 Å². The minimum Gasteiger partial charge on any atom is -0.321 e. The second-order valence-corrected chi connectivity index (χ2v) is 6.41. The molecular weight excluding hydrogens is 335 g/mol. The first-order chi connectivity index (χ1) is 9.95. The Morgan fingerprint density at radius 2 is 2.05 bits per heavy atom. The van der Waals surface area contributed by atoms with Gasteiger partial charge in [0.05, 0.1) is 20.5 Å². The predicted octanol–water partition coefficient (Wildman–Crippen LogP) is 4.46. The van der Waals surface area contributed by atoms with Gasteiger partial charge in [0.25, 0.3) is 11.6 Å². The number of nitrogens with one attached hydrogen (secondary N) is 1. The molecule has 1 aromatic heterocycles. The number of rotatable bonds is 2. The summed E-state index contributed by atoms with van der Waals surface area (Å²) in [6, 6.07) is 6.18. The van der Waals surface area contributed by atoms with Crippen LogP contribution in [0.2, 0.25) is 9.36 Å². The molecule has 106 valence electrons. The molecule has 0 aliphatic carbocycles. The maximum atomic E-state index is 12.0. The zero-order chi connectivity index (χ0) is 15.1. The minimum absolute atomic E-state index is 0.0144. The largest absolute Gasteiger partial charge is 0.321 e. The van der Waals surface area contributed by atoms with Crippen LogP contribution < -0.4 is 5.32 Å². The van der Waals surface area contributed by atoms with Crippen molar-refractivity contribution in [2.24, 2.45) is 0 Å². The number of amides is 1. The van der Waals surface area contributed by atoms with Crippen LogP contribution in [0.15, 0.2) is 24.3 Å². The molecule has 0 saturated heterocycles. The first-order valence-corrected chi connectivity index (χ1v) is 7.29. The predicted molar refractivity (Wildman–Crippen MR) is 83.9 cm³/mol. The number of thiophene rings is 1. The van der Waals surface area contributed by atoms with Crippen molar-refractivity contribution in [1.82, 2.24) is 0 Å². The van der Waals surface area contributed by atoms with E-state index in [1.165, 1.54) is 23.5 Å². The fraction of sp³-hybridized carbons (Fsp3) is 0. The number of halogens is 2. The van der Waals surface area contributed by atoms with Gasteiger partial charge >= 0.3 is 0 Å². The standard InChI is InChI=1S/C13H6Cl2N2O3S/c14-9-5-10-7(4-11(9)17(19)20)8(13(18)16-10)3-6-1-2-12(15)21-6/h1-5H,(H,16,18)/b8-3+. The number of carbonyl (C=O) groups excluding carboxylic acids is 1. The molecule has 0 unspecified atom stereocenters. The summed E-state index contributed by atoms with van der Waals surface area (Å²) in [5.41, 5.74) is 1.04. The van der Waals surface area contributed by atoms with Crippen LogP contribution in [0, 0.1) is 10.1 Å². The lowest BCUT2D eigenvalue weighted by atomic mass is 10.1. The van der Waals surface area contributed by atoms with Crippen molar-refractivity contribution in [2.45, 2.75) is 0 Å². The molecule has 1 aliphatic rings. The van der Waals surface area contributed by atoms with Crippen molar-refractivity contribution in [3.8, 4) is 0 Å². The number of nitro groups is 1. The van der Waals surface area contributed by atoms with E-state index >= 15 is 0 Å². The normalized spacial score (nSPS) is 15.1. The number of nitrogens with zero attached hydrogens (tertiary/aromatic N) is 1. The molecule has 8 heteroatoms. The lowest BCUT2D eigenvalue weighted by Gasteiger charge is -2.00. The third-order valence-electron chi connectivity index (χ3n) is 2.95. The van der Waals surface area contributed by atoms with Crippen molar-refractivity contribution < 1.29 is 9.72 Å². The van der Waals surface area contributed by atoms with Crippen LogP contribution in [0.4, 0.5) is 11.4 Å². The van der Waals surface area contributed by atoms with Gasteiger partial charge in [-0.25, -0.2) is 0 Å². The SMILES string of the molecule is O=C1Nc2cc(Cl)c([N+](=O)[O-])cc2/C1=C\c1ccc(Cl)s1. The molecule has 0 bridgehead atoms. The number of benzene rings is 1. The second kappa shape index (κ2) is 5.14. The van der Waals surface area contributed by atoms with Crippen molar-refractivity contribution in [3.05, 3.63) is 54.2 Å². The first-order valence-electron chi connectivity index (χ1n) is 5.72. The number of carbonyl (C=O) groups is 1. The van der Waals surface area contributed by atoms with Crippen LogP contribution in [-0.2, 0) is 4.79 Å². The smallest absolute Gasteiger partial charge is 0.288 e. The molecule has 21 heavy (non-hydrogen) atoms. The van der Waals surface area contributed by atoms with Crippen LogP contribution in [0.5, 0.6) is 0 Å². The van der Waals surface area contributed by atoms with E-state index in [0.717, 1.165) is 4.88 Å². The summed E-state index contributed by atoms with van der Waals surface area (Å²) in [4.78, 5) is 23.2. The molecule has 0 spiro atoms. The Kier molecular flexibility index (Phi) is 3.44. The monoisotopic (exact) mass is 340 g/mol. The fourth-order valence-corrected chi connectivity index (χ4v) is 3.27. The molecule has 1 aromatic carbocycles. The van der Waals surface area contributed by atoms with Gasteiger partial charge in [-0.3, -0.25) is 14.9 Å². The maximum Gasteiger partial charge on any atom is 0.288 e. The van der Waals surface area contributed by atoms with E-state index in [2.05, 4.69) is 5.32 Å². The quantitative estimate of drug-likeness (QED) is 0.498. The van der Waals surface area contributed by atoms with Gasteiger partial charge in [-0.2, -0.15) is 0 Å². The fourth-order valence-electron chi connectivity index (χ4n) is 2.03. The highest BCUT2D eigenvalue weighted by molar-refractivity contribution is 7.17. The van der Waals surface area contributed by atoms with Gasteiger partial charge in [-0.15, -0.1) is 11.3 Å². The second-order valence-electron chi connectivity index (χ2n) is 4.26. The van der Waals surface area contributed by atoms with Crippen LogP contribution in [0.3, 0.4) is 0 Å². The molecule has 3 rings (SSSR count). The van der Waals surface area contributed by atoms with Gasteiger partial charge < -0.3 is 5.32 Å². The molecule has 1 amide bonds. The van der Waals surface area contributed by atoms with Crippen LogP contribution in [0.1, 0.15) is 10.4 Å². The Morgan fingerprint density at radius 1 is 1.29 bits per heavy atom. The molecule has 1 aliphatic heterocycles. The highest BCUT2D eigenvalue weighted by Crippen LogP contribution is 2.40. The zero-order valence-electron chi connectivity index (χ0n) is 10.2. The van der Waals surface area contributed by atoms with Gasteiger partial charge in [0.15, 0.2) is 0 Å². The Morgan fingerprint density at radius 3 is 2.67 bits per heavy atom. The van der Waals surface area contributed by atoms with E-state index in [1.807, 2.05) is 0 Å².